The van der Waals surface area contributed by atoms with Gasteiger partial charge in [0, 0.05) is 16.7 Å². The van der Waals surface area contributed by atoms with E-state index in [1.54, 1.807) is 18.2 Å². The monoisotopic (exact) mass is 332 g/mol. The highest BCUT2D eigenvalue weighted by atomic mass is 35.5. The van der Waals surface area contributed by atoms with E-state index in [0.717, 1.165) is 5.56 Å². The van der Waals surface area contributed by atoms with Crippen molar-refractivity contribution >= 4 is 23.2 Å². The summed E-state index contributed by atoms with van der Waals surface area (Å²) in [5.41, 5.74) is 7.44. The van der Waals surface area contributed by atoms with Gasteiger partial charge in [0.1, 0.15) is 23.1 Å². The Morgan fingerprint density at radius 3 is 2.55 bits per heavy atom. The summed E-state index contributed by atoms with van der Waals surface area (Å²) < 4.78 is 5.44. The number of fused-ring (bicyclic) bond motifs is 1. The highest BCUT2D eigenvalue weighted by Crippen LogP contribution is 2.46. The van der Waals surface area contributed by atoms with E-state index >= 15 is 0 Å². The van der Waals surface area contributed by atoms with Gasteiger partial charge in [-0.2, -0.15) is 5.26 Å². The molecular weight excluding hydrogens is 323 g/mol. The van der Waals surface area contributed by atoms with Gasteiger partial charge in [0.05, 0.1) is 10.9 Å². The fourth-order valence-corrected chi connectivity index (χ4v) is 2.91. The number of nitrogens with zero attached hydrogens (tertiary/aromatic N) is 1. The minimum absolute atomic E-state index is 0.0124. The number of ether oxygens (including phenoxy) is 1. The van der Waals surface area contributed by atoms with Crippen molar-refractivity contribution < 1.29 is 9.84 Å². The van der Waals surface area contributed by atoms with E-state index in [0.29, 0.717) is 16.3 Å². The van der Waals surface area contributed by atoms with Crippen LogP contribution in [0.5, 0.6) is 11.5 Å². The van der Waals surface area contributed by atoms with Crippen LogP contribution < -0.4 is 10.5 Å². The van der Waals surface area contributed by atoms with E-state index in [2.05, 4.69) is 6.07 Å². The van der Waals surface area contributed by atoms with Crippen molar-refractivity contribution in [2.75, 3.05) is 0 Å². The van der Waals surface area contributed by atoms with Crippen molar-refractivity contribution in [1.82, 2.24) is 0 Å². The van der Waals surface area contributed by atoms with Crippen LogP contribution in [-0.4, -0.2) is 5.11 Å². The molecule has 0 fully saturated rings. The smallest absolute Gasteiger partial charge is 0.205 e. The quantitative estimate of drug-likeness (QED) is 0.829. The van der Waals surface area contributed by atoms with Crippen molar-refractivity contribution in [3.63, 3.8) is 0 Å². The Morgan fingerprint density at radius 1 is 1.14 bits per heavy atom. The molecule has 1 atom stereocenters. The molecule has 0 saturated carbocycles. The highest BCUT2D eigenvalue weighted by Gasteiger charge is 2.32. The van der Waals surface area contributed by atoms with Crippen LogP contribution in [0.3, 0.4) is 0 Å². The molecular formula is C16H10Cl2N2O2. The molecule has 0 aliphatic carbocycles. The summed E-state index contributed by atoms with van der Waals surface area (Å²) in [5, 5.41) is 19.8. The largest absolute Gasteiger partial charge is 0.506 e. The number of rotatable bonds is 1. The summed E-state index contributed by atoms with van der Waals surface area (Å²) in [4.78, 5) is 0. The van der Waals surface area contributed by atoms with Crippen LogP contribution in [0, 0.1) is 11.3 Å². The van der Waals surface area contributed by atoms with Crippen LogP contribution in [-0.2, 0) is 0 Å². The first-order valence-electron chi connectivity index (χ1n) is 6.37. The lowest BCUT2D eigenvalue weighted by Crippen LogP contribution is -2.21. The number of benzene rings is 2. The first-order chi connectivity index (χ1) is 10.5. The molecule has 2 aromatic carbocycles. The van der Waals surface area contributed by atoms with Gasteiger partial charge in [-0.3, -0.25) is 0 Å². The Labute approximate surface area is 136 Å². The van der Waals surface area contributed by atoms with Crippen LogP contribution >= 0.6 is 23.2 Å². The van der Waals surface area contributed by atoms with E-state index in [9.17, 15) is 10.4 Å². The van der Waals surface area contributed by atoms with Crippen LogP contribution in [0.1, 0.15) is 17.0 Å². The van der Waals surface area contributed by atoms with Crippen molar-refractivity contribution in [1.29, 1.82) is 5.26 Å². The van der Waals surface area contributed by atoms with Gasteiger partial charge in [0.15, 0.2) is 0 Å². The van der Waals surface area contributed by atoms with Gasteiger partial charge in [0.25, 0.3) is 0 Å². The lowest BCUT2D eigenvalue weighted by atomic mass is 9.83. The van der Waals surface area contributed by atoms with Gasteiger partial charge in [-0.25, -0.2) is 0 Å². The lowest BCUT2D eigenvalue weighted by molar-refractivity contribution is 0.388. The first-order valence-corrected chi connectivity index (χ1v) is 7.13. The summed E-state index contributed by atoms with van der Waals surface area (Å²) in [5.74, 6) is -0.281. The van der Waals surface area contributed by atoms with Crippen LogP contribution in [0.15, 0.2) is 47.9 Å². The Morgan fingerprint density at radius 2 is 1.86 bits per heavy atom. The summed E-state index contributed by atoms with van der Waals surface area (Å²) >= 11 is 12.3. The Balaban J connectivity index is 2.30. The Kier molecular flexibility index (Phi) is 3.61. The molecule has 0 spiro atoms. The van der Waals surface area contributed by atoms with Gasteiger partial charge >= 0.3 is 0 Å². The van der Waals surface area contributed by atoms with Gasteiger partial charge in [-0.05, 0) is 17.7 Å². The number of allylic oxidation sites excluding steroid dienone is 1. The Bertz CT molecular complexity index is 841. The molecule has 22 heavy (non-hydrogen) atoms. The SMILES string of the molecule is N#CC1=C(N)Oc2cc(O)c(Cl)cc2C1c1ccccc1Cl. The average molecular weight is 333 g/mol. The van der Waals surface area contributed by atoms with Gasteiger partial charge in [0.2, 0.25) is 5.88 Å². The molecule has 2 aromatic rings. The number of phenolic OH excluding ortho intramolecular Hbond substituents is 1. The molecule has 1 unspecified atom stereocenters. The molecule has 0 radical (unpaired) electrons. The molecule has 3 rings (SSSR count). The molecule has 0 bridgehead atoms. The second-order valence-electron chi connectivity index (χ2n) is 4.79. The van der Waals surface area contributed by atoms with E-state index in [4.69, 9.17) is 33.7 Å². The zero-order chi connectivity index (χ0) is 15.9. The lowest BCUT2D eigenvalue weighted by Gasteiger charge is -2.27. The zero-order valence-electron chi connectivity index (χ0n) is 11.2. The number of hydrogen-bond donors (Lipinski definition) is 2. The molecule has 1 aliphatic heterocycles. The fourth-order valence-electron chi connectivity index (χ4n) is 2.50. The maximum absolute atomic E-state index is 9.74. The van der Waals surface area contributed by atoms with Crippen LogP contribution in [0.2, 0.25) is 10.0 Å². The number of aromatic hydroxyl groups is 1. The number of halogens is 2. The predicted molar refractivity (Wildman–Crippen MR) is 83.9 cm³/mol. The third-order valence-corrected chi connectivity index (χ3v) is 4.15. The summed E-state index contributed by atoms with van der Waals surface area (Å²) in [6.07, 6.45) is 0. The van der Waals surface area contributed by atoms with Gasteiger partial charge in [-0.15, -0.1) is 0 Å². The highest BCUT2D eigenvalue weighted by molar-refractivity contribution is 6.32. The maximum Gasteiger partial charge on any atom is 0.205 e. The second-order valence-corrected chi connectivity index (χ2v) is 5.60. The zero-order valence-corrected chi connectivity index (χ0v) is 12.7. The second kappa shape index (κ2) is 5.45. The van der Waals surface area contributed by atoms with E-state index < -0.39 is 5.92 Å². The molecule has 0 aromatic heterocycles. The summed E-state index contributed by atoms with van der Waals surface area (Å²) in [7, 11) is 0. The Hall–Kier alpha value is -2.35. The summed E-state index contributed by atoms with van der Waals surface area (Å²) in [6, 6.07) is 12.2. The van der Waals surface area contributed by atoms with Crippen molar-refractivity contribution in [3.05, 3.63) is 69.0 Å². The third kappa shape index (κ3) is 2.25. The maximum atomic E-state index is 9.74. The van der Waals surface area contributed by atoms with Crippen LogP contribution in [0.25, 0.3) is 0 Å². The first kappa shape index (κ1) is 14.6. The molecule has 6 heteroatoms. The van der Waals surface area contributed by atoms with Gasteiger partial charge < -0.3 is 15.6 Å². The van der Waals surface area contributed by atoms with E-state index in [-0.39, 0.29) is 22.2 Å². The van der Waals surface area contributed by atoms with E-state index in [1.807, 2.05) is 12.1 Å². The normalized spacial score (nSPS) is 16.7. The van der Waals surface area contributed by atoms with Crippen molar-refractivity contribution in [2.24, 2.45) is 5.73 Å². The average Bonchev–Trinajstić information content (AvgIpc) is 2.49. The predicted octanol–water partition coefficient (Wildman–Crippen LogP) is 3.92. The third-order valence-electron chi connectivity index (χ3n) is 3.50. The molecule has 110 valence electrons. The molecule has 0 amide bonds. The van der Waals surface area contributed by atoms with Crippen LogP contribution in [0.4, 0.5) is 0 Å². The van der Waals surface area contributed by atoms with Gasteiger partial charge in [-0.1, -0.05) is 41.4 Å². The minimum Gasteiger partial charge on any atom is -0.506 e. The number of hydrogen-bond acceptors (Lipinski definition) is 4. The standard InChI is InChI=1S/C16H10Cl2N2O2/c17-11-4-2-1-3-8(11)15-9-5-12(18)13(21)6-14(9)22-16(20)10(15)7-19/h1-6,15,21H,20H2. The van der Waals surface area contributed by atoms with E-state index in [1.165, 1.54) is 6.07 Å². The number of nitriles is 1. The molecule has 0 saturated heterocycles. The minimum atomic E-state index is -0.499. The van der Waals surface area contributed by atoms with Crippen molar-refractivity contribution in [3.8, 4) is 17.6 Å². The van der Waals surface area contributed by atoms with Crippen molar-refractivity contribution in [2.45, 2.75) is 5.92 Å². The number of nitrogens with two attached hydrogens (primary N) is 1. The number of phenols is 1. The molecule has 3 N–H and O–H groups in total. The molecule has 4 nitrogen and oxygen atoms in total. The topological polar surface area (TPSA) is 79.3 Å². The summed E-state index contributed by atoms with van der Waals surface area (Å²) in [6.45, 7) is 0. The molecule has 1 aliphatic rings. The molecule has 1 heterocycles. The fraction of sp³-hybridized carbons (Fsp3) is 0.0625.